The number of esters is 4. The van der Waals surface area contributed by atoms with Crippen LogP contribution in [0.2, 0.25) is 0 Å². The molecule has 1 heterocycles. The van der Waals surface area contributed by atoms with Crippen molar-refractivity contribution < 1.29 is 61.9 Å². The lowest BCUT2D eigenvalue weighted by atomic mass is 9.82. The van der Waals surface area contributed by atoms with Crippen molar-refractivity contribution in [2.24, 2.45) is 28.7 Å². The van der Waals surface area contributed by atoms with Crippen LogP contribution in [-0.4, -0.2) is 80.7 Å². The van der Waals surface area contributed by atoms with Crippen LogP contribution in [0.5, 0.6) is 34.5 Å². The first-order valence-electron chi connectivity index (χ1n) is 27.8. The van der Waals surface area contributed by atoms with Gasteiger partial charge in [-0.25, -0.2) is 24.5 Å². The zero-order valence-electron chi connectivity index (χ0n) is 45.5. The molecule has 0 saturated heterocycles. The number of para-hydroxylation sites is 1. The molecule has 16 nitrogen and oxygen atoms in total. The molecule has 4 aromatic carbocycles. The molecule has 0 aliphatic heterocycles. The summed E-state index contributed by atoms with van der Waals surface area (Å²) in [5, 5.41) is 0.447. The first-order chi connectivity index (χ1) is 39.1. The van der Waals surface area contributed by atoms with E-state index in [4.69, 9.17) is 42.9 Å². The van der Waals surface area contributed by atoms with Gasteiger partial charge in [0.05, 0.1) is 61.7 Å². The summed E-state index contributed by atoms with van der Waals surface area (Å²) in [6.45, 7) is 13.2. The number of carbonyl (C=O) groups excluding carboxylic acids is 5. The number of amides is 1. The smallest absolute Gasteiger partial charge is 0.330 e. The third kappa shape index (κ3) is 19.5. The van der Waals surface area contributed by atoms with Crippen molar-refractivity contribution >= 4 is 68.5 Å². The lowest BCUT2D eigenvalue weighted by Gasteiger charge is -2.27. The fourth-order valence-electron chi connectivity index (χ4n) is 9.31. The average molecular weight is 1110 g/mol. The van der Waals surface area contributed by atoms with Crippen molar-refractivity contribution in [3.63, 3.8) is 0 Å². The standard InChI is InChI=1S/C63H73N3O13S/c1-4-58(67)66(63-65-54-17-11-12-18-57(54)80-63)44-64-55-41-53(76-42-45-19-23-47(24-20-45)61(70)78-51-31-27-49(28-32-51)72-37-13-7-9-15-39-74-59(68)5-2)35-36-56(55)77-43-46-21-25-48(26-22-46)62(71)79-52-33-29-50(30-34-52)73-38-14-8-10-16-40-75-60(69)6-3/h4-6,11-12,17-18,27-36,41,44-48H,1-3,7-10,13-16,19-26,37-40,42-43H2/b64-44+. The summed E-state index contributed by atoms with van der Waals surface area (Å²) in [4.78, 5) is 72.9. The van der Waals surface area contributed by atoms with Gasteiger partial charge in [-0.15, -0.1) is 0 Å². The van der Waals surface area contributed by atoms with Crippen LogP contribution < -0.4 is 33.3 Å². The molecule has 0 spiro atoms. The number of nitrogens with zero attached hydrogens (tertiary/aromatic N) is 3. The van der Waals surface area contributed by atoms with Crippen LogP contribution in [0, 0.1) is 23.7 Å². The topological polar surface area (TPSA) is 188 Å². The second-order valence-electron chi connectivity index (χ2n) is 19.9. The Balaban J connectivity index is 0.869. The Kier molecular flexibility index (Phi) is 24.2. The lowest BCUT2D eigenvalue weighted by molar-refractivity contribution is -0.141. The quantitative estimate of drug-likeness (QED) is 0.00988. The molecule has 1 amide bonds. The molecule has 2 aliphatic carbocycles. The molecular weight excluding hydrogens is 1040 g/mol. The average Bonchev–Trinajstić information content (AvgIpc) is 3.92. The van der Waals surface area contributed by atoms with Crippen molar-refractivity contribution in [2.75, 3.05) is 44.5 Å². The molecule has 1 aromatic heterocycles. The van der Waals surface area contributed by atoms with Crippen LogP contribution in [0.1, 0.15) is 103 Å². The Morgan fingerprint density at radius 3 is 1.51 bits per heavy atom. The van der Waals surface area contributed by atoms with Crippen LogP contribution in [0.15, 0.2) is 134 Å². The highest BCUT2D eigenvalue weighted by Crippen LogP contribution is 2.37. The molecule has 2 saturated carbocycles. The van der Waals surface area contributed by atoms with Gasteiger partial charge in [-0.2, -0.15) is 0 Å². The minimum Gasteiger partial charge on any atom is -0.494 e. The molecule has 2 aliphatic rings. The Labute approximate surface area is 472 Å². The second-order valence-corrected chi connectivity index (χ2v) is 20.9. The maximum Gasteiger partial charge on any atom is 0.330 e. The van der Waals surface area contributed by atoms with E-state index in [0.717, 1.165) is 99.4 Å². The fraction of sp³-hybridized carbons (Fsp3) is 0.413. The normalized spacial score (nSPS) is 16.9. The number of aliphatic imine (C=N–C) groups is 1. The van der Waals surface area contributed by atoms with Gasteiger partial charge in [0.1, 0.15) is 46.5 Å². The molecule has 0 atom stereocenters. The number of carbonyl (C=O) groups is 5. The van der Waals surface area contributed by atoms with Crippen LogP contribution in [-0.2, 0) is 33.4 Å². The fourth-order valence-corrected chi connectivity index (χ4v) is 10.2. The summed E-state index contributed by atoms with van der Waals surface area (Å²) in [6.07, 6.45) is 17.9. The number of hydrogen-bond acceptors (Lipinski definition) is 16. The number of fused-ring (bicyclic) bond motifs is 1. The summed E-state index contributed by atoms with van der Waals surface area (Å²) in [5.74, 6) is 1.72. The van der Waals surface area contributed by atoms with Gasteiger partial charge < -0.3 is 37.9 Å². The van der Waals surface area contributed by atoms with Crippen LogP contribution in [0.25, 0.3) is 10.2 Å². The third-order valence-electron chi connectivity index (χ3n) is 14.0. The van der Waals surface area contributed by atoms with E-state index in [1.807, 2.05) is 36.4 Å². The van der Waals surface area contributed by atoms with Gasteiger partial charge in [0.15, 0.2) is 5.13 Å². The van der Waals surface area contributed by atoms with Crippen molar-refractivity contribution in [1.82, 2.24) is 4.98 Å². The molecule has 7 rings (SSSR count). The molecular formula is C63H73N3O13S. The summed E-state index contributed by atoms with van der Waals surface area (Å²) >= 11 is 1.37. The summed E-state index contributed by atoms with van der Waals surface area (Å²) in [7, 11) is 0. The first kappa shape index (κ1) is 59.9. The van der Waals surface area contributed by atoms with Crippen molar-refractivity contribution in [3.05, 3.63) is 129 Å². The molecule has 5 aromatic rings. The van der Waals surface area contributed by atoms with Gasteiger partial charge in [0, 0.05) is 18.2 Å². The van der Waals surface area contributed by atoms with E-state index < -0.39 is 17.8 Å². The van der Waals surface area contributed by atoms with Crippen molar-refractivity contribution in [3.8, 4) is 34.5 Å². The molecule has 424 valence electrons. The lowest BCUT2D eigenvalue weighted by Crippen LogP contribution is -2.28. The minimum absolute atomic E-state index is 0.189. The van der Waals surface area contributed by atoms with Crippen LogP contribution in [0.3, 0.4) is 0 Å². The molecule has 17 heteroatoms. The maximum atomic E-state index is 13.3. The number of aromatic nitrogens is 1. The van der Waals surface area contributed by atoms with Gasteiger partial charge in [-0.1, -0.05) is 43.2 Å². The zero-order chi connectivity index (χ0) is 56.3. The van der Waals surface area contributed by atoms with Gasteiger partial charge in [-0.3, -0.25) is 14.4 Å². The van der Waals surface area contributed by atoms with E-state index in [1.54, 1.807) is 54.6 Å². The summed E-state index contributed by atoms with van der Waals surface area (Å²) in [6, 6.07) is 27.3. The third-order valence-corrected chi connectivity index (χ3v) is 15.0. The molecule has 2 fully saturated rings. The number of ether oxygens (including phenoxy) is 8. The number of thiazole rings is 1. The Hall–Kier alpha value is -7.79. The van der Waals surface area contributed by atoms with Crippen molar-refractivity contribution in [2.45, 2.75) is 103 Å². The van der Waals surface area contributed by atoms with E-state index >= 15 is 0 Å². The van der Waals surface area contributed by atoms with E-state index in [1.165, 1.54) is 28.7 Å². The summed E-state index contributed by atoms with van der Waals surface area (Å²) in [5.41, 5.74) is 1.22. The number of benzene rings is 4. The highest BCUT2D eigenvalue weighted by Gasteiger charge is 2.30. The van der Waals surface area contributed by atoms with Crippen LogP contribution in [0.4, 0.5) is 10.8 Å². The number of anilines is 1. The zero-order valence-corrected chi connectivity index (χ0v) is 46.3. The highest BCUT2D eigenvalue weighted by molar-refractivity contribution is 7.22. The van der Waals surface area contributed by atoms with Gasteiger partial charge in [0.2, 0.25) is 0 Å². The van der Waals surface area contributed by atoms with E-state index in [-0.39, 0.29) is 35.6 Å². The molecule has 0 N–H and O–H groups in total. The number of unbranched alkanes of at least 4 members (excludes halogenated alkanes) is 6. The molecule has 0 bridgehead atoms. The van der Waals surface area contributed by atoms with Gasteiger partial charge >= 0.3 is 23.9 Å². The van der Waals surface area contributed by atoms with E-state index in [9.17, 15) is 24.0 Å². The SMILES string of the molecule is C=CC(=O)OCCCCCCOc1ccc(OC(=O)C2CCC(COc3ccc(OCC4CCC(C(=O)Oc5ccc(OCCCCCCOC(=O)C=C)cc5)CC4)c(/N=C/N(C(=O)C=C)c4nc5ccccc5s4)c3)CC2)cc1. The summed E-state index contributed by atoms with van der Waals surface area (Å²) < 4.78 is 47.1. The predicted octanol–water partition coefficient (Wildman–Crippen LogP) is 13.1. The number of rotatable bonds is 32. The largest absolute Gasteiger partial charge is 0.494 e. The van der Waals surface area contributed by atoms with Crippen molar-refractivity contribution in [1.29, 1.82) is 0 Å². The first-order valence-corrected chi connectivity index (χ1v) is 28.6. The Morgan fingerprint density at radius 1 is 0.537 bits per heavy atom. The Bertz CT molecular complexity index is 2820. The van der Waals surface area contributed by atoms with E-state index in [2.05, 4.69) is 24.7 Å². The maximum absolute atomic E-state index is 13.3. The molecule has 80 heavy (non-hydrogen) atoms. The van der Waals surface area contributed by atoms with Crippen LogP contribution >= 0.6 is 11.3 Å². The van der Waals surface area contributed by atoms with Gasteiger partial charge in [-0.05, 0) is 193 Å². The minimum atomic E-state index is -0.403. The predicted molar refractivity (Wildman–Crippen MR) is 308 cm³/mol. The monoisotopic (exact) mass is 1110 g/mol. The van der Waals surface area contributed by atoms with Gasteiger partial charge in [0.25, 0.3) is 5.91 Å². The highest BCUT2D eigenvalue weighted by atomic mass is 32.1. The second kappa shape index (κ2) is 32.3. The Morgan fingerprint density at radius 2 is 1.01 bits per heavy atom. The van der Waals surface area contributed by atoms with E-state index in [0.29, 0.717) is 111 Å². The molecule has 0 unspecified atom stereocenters. The molecule has 0 radical (unpaired) electrons. The number of hydrogen-bond donors (Lipinski definition) is 0.